The number of piperidine rings is 1. The number of thioether (sulfide) groups is 1. The first kappa shape index (κ1) is 25.9. The second-order valence-electron chi connectivity index (χ2n) is 10.2. The maximum Gasteiger partial charge on any atom is 0.260 e. The van der Waals surface area contributed by atoms with Crippen molar-refractivity contribution in [3.63, 3.8) is 0 Å². The molecule has 2 aliphatic heterocycles. The van der Waals surface area contributed by atoms with E-state index < -0.39 is 0 Å². The average molecular weight is 538 g/mol. The van der Waals surface area contributed by atoms with Gasteiger partial charge in [0.1, 0.15) is 0 Å². The van der Waals surface area contributed by atoms with E-state index >= 15 is 0 Å². The Morgan fingerprint density at radius 2 is 1.76 bits per heavy atom. The Bertz CT molecular complexity index is 1210. The number of primary amides is 1. The van der Waals surface area contributed by atoms with Gasteiger partial charge in [-0.15, -0.1) is 11.8 Å². The molecule has 194 valence electrons. The third-order valence-corrected chi connectivity index (χ3v) is 9.33. The molecular weight excluding hydrogens is 506 g/mol. The zero-order chi connectivity index (χ0) is 25.9. The van der Waals surface area contributed by atoms with Gasteiger partial charge in [0.05, 0.1) is 4.91 Å². The summed E-state index contributed by atoms with van der Waals surface area (Å²) in [6.45, 7) is 1.63. The molecule has 2 heterocycles. The Morgan fingerprint density at radius 3 is 2.46 bits per heavy atom. The van der Waals surface area contributed by atoms with Crippen LogP contribution in [0.4, 0.5) is 0 Å². The minimum Gasteiger partial charge on any atom is -0.369 e. The molecule has 1 aliphatic carbocycles. The number of nitrogens with zero attached hydrogens (tertiary/aromatic N) is 2. The van der Waals surface area contributed by atoms with Gasteiger partial charge in [0.15, 0.2) is 0 Å². The highest BCUT2D eigenvalue weighted by Gasteiger charge is 2.40. The normalized spacial score (nSPS) is 23.7. The van der Waals surface area contributed by atoms with E-state index in [1.807, 2.05) is 59.5 Å². The minimum absolute atomic E-state index is 0.0389. The molecule has 5 rings (SSSR count). The first-order valence-electron chi connectivity index (χ1n) is 13.0. The van der Waals surface area contributed by atoms with Gasteiger partial charge in [0.2, 0.25) is 5.91 Å². The first-order chi connectivity index (χ1) is 17.9. The summed E-state index contributed by atoms with van der Waals surface area (Å²) in [6.07, 6.45) is 7.65. The SMILES string of the molecule is NC(=O)C1CCN(C(=O)c2ccc(/C=C3/SC4CCCCC4N(Cc4cccc(Cl)c4)C3=O)cc2)CC1. The van der Waals surface area contributed by atoms with E-state index in [1.165, 1.54) is 6.42 Å². The van der Waals surface area contributed by atoms with Crippen LogP contribution < -0.4 is 5.73 Å². The van der Waals surface area contributed by atoms with Crippen LogP contribution in [-0.2, 0) is 16.1 Å². The van der Waals surface area contributed by atoms with E-state index in [1.54, 1.807) is 16.7 Å². The summed E-state index contributed by atoms with van der Waals surface area (Å²) in [5, 5.41) is 1.07. The molecule has 1 saturated carbocycles. The summed E-state index contributed by atoms with van der Waals surface area (Å²) in [4.78, 5) is 42.6. The Labute approximate surface area is 227 Å². The minimum atomic E-state index is -0.287. The van der Waals surface area contributed by atoms with Crippen molar-refractivity contribution in [2.45, 2.75) is 56.4 Å². The fraction of sp³-hybridized carbons (Fsp3) is 0.414. The van der Waals surface area contributed by atoms with Crippen LogP contribution in [0.2, 0.25) is 5.02 Å². The highest BCUT2D eigenvalue weighted by molar-refractivity contribution is 8.04. The molecule has 2 unspecified atom stereocenters. The number of hydrogen-bond donors (Lipinski definition) is 1. The smallest absolute Gasteiger partial charge is 0.260 e. The van der Waals surface area contributed by atoms with Gasteiger partial charge in [-0.05, 0) is 67.2 Å². The number of halogens is 1. The van der Waals surface area contributed by atoms with Gasteiger partial charge >= 0.3 is 0 Å². The third-order valence-electron chi connectivity index (χ3n) is 7.70. The monoisotopic (exact) mass is 537 g/mol. The van der Waals surface area contributed by atoms with Gasteiger partial charge in [0, 0.05) is 47.4 Å². The molecule has 6 nitrogen and oxygen atoms in total. The van der Waals surface area contributed by atoms with Crippen LogP contribution in [0.3, 0.4) is 0 Å². The van der Waals surface area contributed by atoms with Crippen molar-refractivity contribution >= 4 is 47.2 Å². The standard InChI is InChI=1S/C29H32ClN3O3S/c30-23-5-3-4-20(16-23)18-33-24-6-1-2-7-25(24)37-26(29(33)36)17-19-8-10-22(11-9-19)28(35)32-14-12-21(13-15-32)27(31)34/h3-5,8-11,16-17,21,24-25H,1-2,6-7,12-15,18H2,(H2,31,34)/b26-17+. The van der Waals surface area contributed by atoms with Crippen LogP contribution in [0.1, 0.15) is 60.0 Å². The summed E-state index contributed by atoms with van der Waals surface area (Å²) in [6, 6.07) is 15.4. The van der Waals surface area contributed by atoms with Gasteiger partial charge < -0.3 is 15.5 Å². The van der Waals surface area contributed by atoms with Crippen LogP contribution in [0.15, 0.2) is 53.4 Å². The zero-order valence-corrected chi connectivity index (χ0v) is 22.3. The number of hydrogen-bond acceptors (Lipinski definition) is 4. The van der Waals surface area contributed by atoms with E-state index in [0.29, 0.717) is 48.3 Å². The molecule has 0 spiro atoms. The maximum atomic E-state index is 13.6. The van der Waals surface area contributed by atoms with Crippen molar-refractivity contribution in [3.05, 3.63) is 75.1 Å². The molecule has 0 bridgehead atoms. The number of likely N-dealkylation sites (tertiary alicyclic amines) is 1. The predicted molar refractivity (Wildman–Crippen MR) is 148 cm³/mol. The van der Waals surface area contributed by atoms with Crippen LogP contribution in [0.5, 0.6) is 0 Å². The molecule has 37 heavy (non-hydrogen) atoms. The van der Waals surface area contributed by atoms with Crippen molar-refractivity contribution in [2.75, 3.05) is 13.1 Å². The molecule has 3 fully saturated rings. The molecule has 3 aliphatic rings. The lowest BCUT2D eigenvalue weighted by Crippen LogP contribution is -2.50. The van der Waals surface area contributed by atoms with Crippen molar-refractivity contribution in [1.82, 2.24) is 9.80 Å². The van der Waals surface area contributed by atoms with Crippen molar-refractivity contribution < 1.29 is 14.4 Å². The number of amides is 3. The number of fused-ring (bicyclic) bond motifs is 1. The van der Waals surface area contributed by atoms with Crippen molar-refractivity contribution in [1.29, 1.82) is 0 Å². The van der Waals surface area contributed by atoms with E-state index in [0.717, 1.165) is 35.3 Å². The average Bonchev–Trinajstić information content (AvgIpc) is 2.91. The van der Waals surface area contributed by atoms with E-state index in [9.17, 15) is 14.4 Å². The molecule has 0 aromatic heterocycles. The number of nitrogens with two attached hydrogens (primary N) is 1. The van der Waals surface area contributed by atoms with Crippen LogP contribution in [-0.4, -0.2) is 51.9 Å². The summed E-state index contributed by atoms with van der Waals surface area (Å²) >= 11 is 7.91. The molecule has 3 amide bonds. The first-order valence-corrected chi connectivity index (χ1v) is 14.3. The Kier molecular flexibility index (Phi) is 7.91. The zero-order valence-electron chi connectivity index (χ0n) is 20.8. The lowest BCUT2D eigenvalue weighted by molar-refractivity contribution is -0.130. The summed E-state index contributed by atoms with van der Waals surface area (Å²) in [5.41, 5.74) is 7.96. The van der Waals surface area contributed by atoms with Crippen LogP contribution in [0, 0.1) is 5.92 Å². The molecule has 2 aromatic rings. The number of carbonyl (C=O) groups is 3. The second kappa shape index (κ2) is 11.3. The quantitative estimate of drug-likeness (QED) is 0.537. The third kappa shape index (κ3) is 5.88. The van der Waals surface area contributed by atoms with Gasteiger partial charge in [-0.2, -0.15) is 0 Å². The van der Waals surface area contributed by atoms with E-state index in [4.69, 9.17) is 17.3 Å². The lowest BCUT2D eigenvalue weighted by atomic mass is 9.92. The number of benzene rings is 2. The Hall–Kier alpha value is -2.77. The fourth-order valence-corrected chi connectivity index (χ4v) is 7.30. The highest BCUT2D eigenvalue weighted by Crippen LogP contribution is 2.42. The summed E-state index contributed by atoms with van der Waals surface area (Å²) < 4.78 is 0. The van der Waals surface area contributed by atoms with Gasteiger partial charge in [-0.25, -0.2) is 0 Å². The van der Waals surface area contributed by atoms with Crippen molar-refractivity contribution in [3.8, 4) is 0 Å². The number of rotatable bonds is 5. The molecule has 2 N–H and O–H groups in total. The lowest BCUT2D eigenvalue weighted by Gasteiger charge is -2.44. The molecule has 2 atom stereocenters. The Morgan fingerprint density at radius 1 is 1.03 bits per heavy atom. The molecule has 2 aromatic carbocycles. The predicted octanol–water partition coefficient (Wildman–Crippen LogP) is 5.11. The highest BCUT2D eigenvalue weighted by atomic mass is 35.5. The molecule has 2 saturated heterocycles. The van der Waals surface area contributed by atoms with E-state index in [2.05, 4.69) is 0 Å². The molecular formula is C29H32ClN3O3S. The number of carbonyl (C=O) groups excluding carboxylic acids is 3. The van der Waals surface area contributed by atoms with Crippen LogP contribution >= 0.6 is 23.4 Å². The fourth-order valence-electron chi connectivity index (χ4n) is 5.62. The summed E-state index contributed by atoms with van der Waals surface area (Å²) in [5.74, 6) is -0.412. The largest absolute Gasteiger partial charge is 0.369 e. The Balaban J connectivity index is 1.31. The molecule has 8 heteroatoms. The topological polar surface area (TPSA) is 83.7 Å². The van der Waals surface area contributed by atoms with Crippen molar-refractivity contribution in [2.24, 2.45) is 11.7 Å². The van der Waals surface area contributed by atoms with Crippen LogP contribution in [0.25, 0.3) is 6.08 Å². The maximum absolute atomic E-state index is 13.6. The van der Waals surface area contributed by atoms with E-state index in [-0.39, 0.29) is 29.7 Å². The second-order valence-corrected chi connectivity index (χ2v) is 11.9. The summed E-state index contributed by atoms with van der Waals surface area (Å²) in [7, 11) is 0. The van der Waals surface area contributed by atoms with Gasteiger partial charge in [-0.3, -0.25) is 14.4 Å². The van der Waals surface area contributed by atoms with Gasteiger partial charge in [0.25, 0.3) is 11.8 Å². The van der Waals surface area contributed by atoms with Gasteiger partial charge in [-0.1, -0.05) is 48.7 Å². The molecule has 0 radical (unpaired) electrons.